The van der Waals surface area contributed by atoms with Crippen LogP contribution in [0.2, 0.25) is 0 Å². The quantitative estimate of drug-likeness (QED) is 0.381. The Morgan fingerprint density at radius 1 is 1.06 bits per heavy atom. The van der Waals surface area contributed by atoms with Crippen LogP contribution in [0.4, 0.5) is 0 Å². The van der Waals surface area contributed by atoms with E-state index in [0.29, 0.717) is 26.1 Å². The first-order chi connectivity index (χ1) is 15.5. The lowest BCUT2D eigenvalue weighted by Crippen LogP contribution is -2.53. The molecule has 0 radical (unpaired) electrons. The smallest absolute Gasteiger partial charge is 0.323 e. The molecule has 1 spiro atoms. The average Bonchev–Trinajstić information content (AvgIpc) is 3.41. The van der Waals surface area contributed by atoms with E-state index in [-0.39, 0.29) is 18.4 Å². The predicted octanol–water partition coefficient (Wildman–Crippen LogP) is 3.89. The highest BCUT2D eigenvalue weighted by Gasteiger charge is 2.62. The molecule has 4 aliphatic rings. The Hall–Kier alpha value is -2.44. The Morgan fingerprint density at radius 2 is 1.81 bits per heavy atom. The van der Waals surface area contributed by atoms with Crippen molar-refractivity contribution in [2.24, 2.45) is 11.3 Å². The van der Waals surface area contributed by atoms with Crippen molar-refractivity contribution in [3.8, 4) is 0 Å². The van der Waals surface area contributed by atoms with Crippen LogP contribution in [0.25, 0.3) is 0 Å². The van der Waals surface area contributed by atoms with Gasteiger partial charge in [-0.1, -0.05) is 36.4 Å². The van der Waals surface area contributed by atoms with Gasteiger partial charge in [-0.15, -0.1) is 0 Å². The normalized spacial score (nSPS) is 29.8. The number of hydrogen-bond donors (Lipinski definition) is 0. The zero-order valence-electron chi connectivity index (χ0n) is 18.7. The molecule has 5 rings (SSSR count). The number of carbonyl (C=O) groups excluding carboxylic acids is 2. The van der Waals surface area contributed by atoms with Crippen LogP contribution >= 0.6 is 0 Å². The fourth-order valence-electron chi connectivity index (χ4n) is 6.22. The fourth-order valence-corrected chi connectivity index (χ4v) is 6.22. The van der Waals surface area contributed by atoms with Gasteiger partial charge in [-0.25, -0.2) is 0 Å². The number of carbonyl (C=O) groups is 2. The predicted molar refractivity (Wildman–Crippen MR) is 116 cm³/mol. The summed E-state index contributed by atoms with van der Waals surface area (Å²) in [5.41, 5.74) is 3.14. The summed E-state index contributed by atoms with van der Waals surface area (Å²) in [6, 6.07) is 10.1. The minimum atomic E-state index is -1.31. The molecular formula is C26H30O6. The molecule has 170 valence electrons. The monoisotopic (exact) mass is 438 g/mol. The largest absolute Gasteiger partial charge is 0.468 e. The molecule has 2 aliphatic heterocycles. The Bertz CT molecular complexity index is 961. The van der Waals surface area contributed by atoms with Crippen LogP contribution in [0.3, 0.4) is 0 Å². The molecular weight excluding hydrogens is 408 g/mol. The van der Waals surface area contributed by atoms with Gasteiger partial charge in [0.25, 0.3) is 0 Å². The molecule has 3 atom stereocenters. The van der Waals surface area contributed by atoms with Gasteiger partial charge in [-0.05, 0) is 60.8 Å². The first-order valence-electron chi connectivity index (χ1n) is 11.4. The maximum atomic E-state index is 12.8. The van der Waals surface area contributed by atoms with Crippen molar-refractivity contribution in [3.63, 3.8) is 0 Å². The lowest BCUT2D eigenvalue weighted by molar-refractivity contribution is -0.174. The Balaban J connectivity index is 1.45. The number of methoxy groups -OCH3 is 2. The Labute approximate surface area is 188 Å². The second-order valence-electron chi connectivity index (χ2n) is 9.32. The zero-order chi connectivity index (χ0) is 22.3. The summed E-state index contributed by atoms with van der Waals surface area (Å²) in [6.45, 7) is 1.07. The summed E-state index contributed by atoms with van der Waals surface area (Å²) in [5, 5.41) is 0. The third-order valence-electron chi connectivity index (χ3n) is 7.71. The molecule has 0 N–H and O–H groups in total. The van der Waals surface area contributed by atoms with Crippen molar-refractivity contribution in [1.82, 2.24) is 0 Å². The van der Waals surface area contributed by atoms with E-state index in [9.17, 15) is 9.59 Å². The van der Waals surface area contributed by atoms with Crippen molar-refractivity contribution in [2.45, 2.75) is 56.8 Å². The molecule has 1 aromatic rings. The van der Waals surface area contributed by atoms with Gasteiger partial charge in [0.15, 0.2) is 5.41 Å². The standard InChI is InChI=1S/C26H30O6/c1-29-23(27)25(24(28)30-2)11-12-26-19(14-25)13-18(16-31-15-17-7-4-3-5-8-17)22(32-26)20-9-6-10-21(20)26/h3-5,7-8,13,18,22H,6,9-12,14-16H2,1-2H3/t18-,22+,26-/m1/s1. The second kappa shape index (κ2) is 8.16. The minimum Gasteiger partial charge on any atom is -0.468 e. The molecule has 0 amide bonds. The minimum absolute atomic E-state index is 0.0239. The van der Waals surface area contributed by atoms with Crippen molar-refractivity contribution in [1.29, 1.82) is 0 Å². The molecule has 1 fully saturated rings. The van der Waals surface area contributed by atoms with Gasteiger partial charge in [0, 0.05) is 5.92 Å². The van der Waals surface area contributed by atoms with Crippen LogP contribution in [0.5, 0.6) is 0 Å². The number of benzene rings is 1. The van der Waals surface area contributed by atoms with Crippen LogP contribution in [-0.4, -0.2) is 44.5 Å². The lowest BCUT2D eigenvalue weighted by Gasteiger charge is -2.48. The first kappa shape index (κ1) is 21.4. The molecule has 2 bridgehead atoms. The van der Waals surface area contributed by atoms with Gasteiger partial charge in [-0.2, -0.15) is 0 Å². The summed E-state index contributed by atoms with van der Waals surface area (Å²) >= 11 is 0. The number of ether oxygens (including phenoxy) is 4. The van der Waals surface area contributed by atoms with Gasteiger partial charge in [-0.3, -0.25) is 9.59 Å². The van der Waals surface area contributed by atoms with E-state index in [0.717, 1.165) is 30.4 Å². The van der Waals surface area contributed by atoms with Crippen molar-refractivity contribution in [2.75, 3.05) is 20.8 Å². The number of fused-ring (bicyclic) bond motifs is 2. The number of rotatable bonds is 6. The molecule has 0 aromatic heterocycles. The second-order valence-corrected chi connectivity index (χ2v) is 9.32. The van der Waals surface area contributed by atoms with Gasteiger partial charge < -0.3 is 18.9 Å². The van der Waals surface area contributed by atoms with E-state index < -0.39 is 23.0 Å². The van der Waals surface area contributed by atoms with E-state index in [4.69, 9.17) is 18.9 Å². The SMILES string of the molecule is COC(=O)C1(C(=O)OC)CC[C@]23O[C@H](C4=C2CCC4)[C@@H](COCc2ccccc2)C=C3C1. The molecule has 32 heavy (non-hydrogen) atoms. The van der Waals surface area contributed by atoms with E-state index in [1.165, 1.54) is 25.4 Å². The summed E-state index contributed by atoms with van der Waals surface area (Å²) in [4.78, 5) is 25.6. The third kappa shape index (κ3) is 3.15. The van der Waals surface area contributed by atoms with E-state index in [2.05, 4.69) is 18.2 Å². The first-order valence-corrected chi connectivity index (χ1v) is 11.4. The fraction of sp³-hybridized carbons (Fsp3) is 0.538. The number of esters is 2. The maximum absolute atomic E-state index is 12.8. The van der Waals surface area contributed by atoms with Crippen LogP contribution in [0.15, 0.2) is 53.1 Å². The number of hydrogen-bond acceptors (Lipinski definition) is 6. The molecule has 1 saturated carbocycles. The van der Waals surface area contributed by atoms with E-state index in [1.807, 2.05) is 18.2 Å². The van der Waals surface area contributed by atoms with Gasteiger partial charge in [0.2, 0.25) is 0 Å². The van der Waals surface area contributed by atoms with Crippen LogP contribution in [-0.2, 0) is 35.1 Å². The van der Waals surface area contributed by atoms with E-state index in [1.54, 1.807) is 0 Å². The van der Waals surface area contributed by atoms with Crippen molar-refractivity contribution >= 4 is 11.9 Å². The van der Waals surface area contributed by atoms with Crippen molar-refractivity contribution < 1.29 is 28.5 Å². The summed E-state index contributed by atoms with van der Waals surface area (Å²) in [6.07, 6.45) is 6.67. The van der Waals surface area contributed by atoms with Crippen molar-refractivity contribution in [3.05, 3.63) is 58.7 Å². The Morgan fingerprint density at radius 3 is 2.53 bits per heavy atom. The molecule has 6 nitrogen and oxygen atoms in total. The van der Waals surface area contributed by atoms with Gasteiger partial charge in [0.05, 0.1) is 33.5 Å². The Kier molecular flexibility index (Phi) is 5.46. The lowest BCUT2D eigenvalue weighted by atomic mass is 9.63. The third-order valence-corrected chi connectivity index (χ3v) is 7.71. The van der Waals surface area contributed by atoms with Crippen LogP contribution < -0.4 is 0 Å². The molecule has 6 heteroatoms. The highest BCUT2D eigenvalue weighted by molar-refractivity contribution is 6.00. The molecule has 0 saturated heterocycles. The molecule has 2 heterocycles. The summed E-state index contributed by atoms with van der Waals surface area (Å²) < 4.78 is 23.0. The summed E-state index contributed by atoms with van der Waals surface area (Å²) in [5.74, 6) is -1.01. The van der Waals surface area contributed by atoms with E-state index >= 15 is 0 Å². The maximum Gasteiger partial charge on any atom is 0.323 e. The van der Waals surface area contributed by atoms with Gasteiger partial charge in [0.1, 0.15) is 5.60 Å². The molecule has 0 unspecified atom stereocenters. The topological polar surface area (TPSA) is 71.1 Å². The van der Waals surface area contributed by atoms with Crippen LogP contribution in [0, 0.1) is 11.3 Å². The molecule has 1 aromatic carbocycles. The summed E-state index contributed by atoms with van der Waals surface area (Å²) in [7, 11) is 2.65. The molecule has 2 aliphatic carbocycles. The average molecular weight is 439 g/mol. The highest BCUT2D eigenvalue weighted by atomic mass is 16.5. The van der Waals surface area contributed by atoms with Crippen LogP contribution in [0.1, 0.15) is 44.1 Å². The zero-order valence-corrected chi connectivity index (χ0v) is 18.7. The van der Waals surface area contributed by atoms with Gasteiger partial charge >= 0.3 is 11.9 Å². The highest BCUT2D eigenvalue weighted by Crippen LogP contribution is 2.61.